The van der Waals surface area contributed by atoms with Crippen molar-refractivity contribution in [3.8, 4) is 0 Å². The third-order valence-electron chi connectivity index (χ3n) is 4.61. The molecule has 2 heteroatoms. The Kier molecular flexibility index (Phi) is 4.08. The van der Waals surface area contributed by atoms with Crippen LogP contribution in [0.3, 0.4) is 0 Å². The monoisotopic (exact) mass is 247 g/mol. The van der Waals surface area contributed by atoms with Crippen molar-refractivity contribution < 1.29 is 5.11 Å². The summed E-state index contributed by atoms with van der Waals surface area (Å²) in [5.41, 5.74) is 2.44. The molecule has 4 unspecified atom stereocenters. The van der Waals surface area contributed by atoms with Gasteiger partial charge in [0, 0.05) is 12.1 Å². The van der Waals surface area contributed by atoms with Crippen molar-refractivity contribution in [2.24, 2.45) is 0 Å². The summed E-state index contributed by atoms with van der Waals surface area (Å²) in [6.45, 7) is 6.70. The van der Waals surface area contributed by atoms with Crippen molar-refractivity contribution in [2.75, 3.05) is 7.05 Å². The Morgan fingerprint density at radius 1 is 1.33 bits per heavy atom. The van der Waals surface area contributed by atoms with Gasteiger partial charge in [-0.15, -0.1) is 0 Å². The Labute approximate surface area is 111 Å². The van der Waals surface area contributed by atoms with Crippen LogP contribution in [0.2, 0.25) is 0 Å². The molecule has 0 aliphatic heterocycles. The molecule has 1 aliphatic rings. The van der Waals surface area contributed by atoms with Gasteiger partial charge < -0.3 is 5.11 Å². The largest absolute Gasteiger partial charge is 0.387 e. The Morgan fingerprint density at radius 2 is 1.94 bits per heavy atom. The summed E-state index contributed by atoms with van der Waals surface area (Å²) in [7, 11) is 2.14. The van der Waals surface area contributed by atoms with E-state index >= 15 is 0 Å². The number of hydrogen-bond donors (Lipinski definition) is 1. The van der Waals surface area contributed by atoms with E-state index < -0.39 is 0 Å². The molecule has 1 N–H and O–H groups in total. The highest BCUT2D eigenvalue weighted by Crippen LogP contribution is 2.39. The third kappa shape index (κ3) is 2.32. The highest BCUT2D eigenvalue weighted by atomic mass is 16.3. The number of benzene rings is 1. The predicted octanol–water partition coefficient (Wildman–Crippen LogP) is 3.33. The molecule has 100 valence electrons. The predicted molar refractivity (Wildman–Crippen MR) is 75.7 cm³/mol. The average Bonchev–Trinajstić information content (AvgIpc) is 2.41. The van der Waals surface area contributed by atoms with Gasteiger partial charge in [-0.05, 0) is 43.9 Å². The lowest BCUT2D eigenvalue weighted by atomic mass is 9.78. The van der Waals surface area contributed by atoms with Crippen LogP contribution in [0.4, 0.5) is 0 Å². The first-order valence-electron chi connectivity index (χ1n) is 7.05. The topological polar surface area (TPSA) is 23.5 Å². The van der Waals surface area contributed by atoms with E-state index in [9.17, 15) is 5.11 Å². The maximum absolute atomic E-state index is 10.6. The van der Waals surface area contributed by atoms with Gasteiger partial charge in [-0.25, -0.2) is 0 Å². The molecule has 1 aromatic rings. The summed E-state index contributed by atoms with van der Waals surface area (Å²) < 4.78 is 0. The van der Waals surface area contributed by atoms with Crippen LogP contribution in [0.15, 0.2) is 24.3 Å². The molecule has 0 radical (unpaired) electrons. The fourth-order valence-electron chi connectivity index (χ4n) is 3.06. The highest BCUT2D eigenvalue weighted by molar-refractivity contribution is 5.35. The third-order valence-corrected chi connectivity index (χ3v) is 4.61. The molecule has 2 nitrogen and oxygen atoms in total. The number of aliphatic hydroxyl groups excluding tert-OH is 1. The van der Waals surface area contributed by atoms with Gasteiger partial charge in [0.2, 0.25) is 0 Å². The normalized spacial score (nSPS) is 29.1. The van der Waals surface area contributed by atoms with Crippen LogP contribution in [0.25, 0.3) is 0 Å². The van der Waals surface area contributed by atoms with Gasteiger partial charge in [0.25, 0.3) is 0 Å². The summed E-state index contributed by atoms with van der Waals surface area (Å²) >= 11 is 0. The molecule has 0 saturated heterocycles. The maximum atomic E-state index is 10.6. The molecule has 0 aromatic heterocycles. The fraction of sp³-hybridized carbons (Fsp3) is 0.625. The van der Waals surface area contributed by atoms with E-state index in [1.165, 1.54) is 5.56 Å². The summed E-state index contributed by atoms with van der Waals surface area (Å²) in [5.74, 6) is 0.529. The first kappa shape index (κ1) is 13.6. The Hall–Kier alpha value is -0.860. The zero-order valence-electron chi connectivity index (χ0n) is 11.9. The van der Waals surface area contributed by atoms with Gasteiger partial charge in [0.1, 0.15) is 0 Å². The van der Waals surface area contributed by atoms with Crippen molar-refractivity contribution in [1.82, 2.24) is 4.90 Å². The molecule has 0 fully saturated rings. The Morgan fingerprint density at radius 3 is 2.56 bits per heavy atom. The van der Waals surface area contributed by atoms with Gasteiger partial charge in [0.05, 0.1) is 6.10 Å². The van der Waals surface area contributed by atoms with Crippen LogP contribution >= 0.6 is 0 Å². The van der Waals surface area contributed by atoms with Crippen molar-refractivity contribution in [3.63, 3.8) is 0 Å². The lowest BCUT2D eigenvalue weighted by molar-refractivity contribution is 0.0260. The number of rotatable bonds is 3. The van der Waals surface area contributed by atoms with Crippen LogP contribution in [0.5, 0.6) is 0 Å². The minimum absolute atomic E-state index is 0.241. The number of nitrogens with zero attached hydrogens (tertiary/aromatic N) is 1. The second-order valence-corrected chi connectivity index (χ2v) is 5.70. The van der Waals surface area contributed by atoms with E-state index in [0.717, 1.165) is 18.4 Å². The first-order valence-corrected chi connectivity index (χ1v) is 7.05. The van der Waals surface area contributed by atoms with E-state index in [-0.39, 0.29) is 12.1 Å². The first-order chi connectivity index (χ1) is 8.56. The van der Waals surface area contributed by atoms with Crippen LogP contribution < -0.4 is 0 Å². The number of fused-ring (bicyclic) bond motifs is 1. The molecule has 0 spiro atoms. The van der Waals surface area contributed by atoms with E-state index in [4.69, 9.17) is 0 Å². The minimum atomic E-state index is -0.351. The summed E-state index contributed by atoms with van der Waals surface area (Å²) in [6, 6.07) is 9.09. The quantitative estimate of drug-likeness (QED) is 0.885. The van der Waals surface area contributed by atoms with Gasteiger partial charge in [0.15, 0.2) is 0 Å². The Bertz CT molecular complexity index is 404. The van der Waals surface area contributed by atoms with Crippen LogP contribution in [-0.2, 0) is 0 Å². The molecule has 1 aromatic carbocycles. The highest BCUT2D eigenvalue weighted by Gasteiger charge is 2.35. The molecule has 0 heterocycles. The lowest BCUT2D eigenvalue weighted by Crippen LogP contribution is -2.44. The zero-order valence-corrected chi connectivity index (χ0v) is 11.9. The smallest absolute Gasteiger partial charge is 0.0948 e. The maximum Gasteiger partial charge on any atom is 0.0948 e. The average molecular weight is 247 g/mol. The second-order valence-electron chi connectivity index (χ2n) is 5.70. The number of aliphatic hydroxyl groups is 1. The molecule has 4 atom stereocenters. The molecular weight excluding hydrogens is 222 g/mol. The van der Waals surface area contributed by atoms with E-state index in [1.807, 2.05) is 6.07 Å². The van der Waals surface area contributed by atoms with Gasteiger partial charge in [-0.1, -0.05) is 38.1 Å². The lowest BCUT2D eigenvalue weighted by Gasteiger charge is -2.41. The van der Waals surface area contributed by atoms with Gasteiger partial charge in [-0.2, -0.15) is 0 Å². The molecule has 1 aliphatic carbocycles. The summed E-state index contributed by atoms with van der Waals surface area (Å²) in [6.07, 6.45) is 1.81. The molecule has 0 saturated carbocycles. The molecular formula is C16H25NO. The number of likely N-dealkylation sites (N-methyl/N-ethyl adjacent to an activating group) is 1. The Balaban J connectivity index is 2.28. The molecule has 18 heavy (non-hydrogen) atoms. The second kappa shape index (κ2) is 5.41. The van der Waals surface area contributed by atoms with Crippen LogP contribution in [-0.4, -0.2) is 29.1 Å². The van der Waals surface area contributed by atoms with E-state index in [2.05, 4.69) is 50.9 Å². The standard InChI is InChI=1S/C16H25NO/c1-5-12(3)17(4)15-10-11(2)13-8-6-7-9-14(13)16(15)18/h6-9,11-12,15-16,18H,5,10H2,1-4H3. The van der Waals surface area contributed by atoms with Crippen molar-refractivity contribution >= 4 is 0 Å². The van der Waals surface area contributed by atoms with E-state index in [0.29, 0.717) is 12.0 Å². The van der Waals surface area contributed by atoms with Gasteiger partial charge >= 0.3 is 0 Å². The summed E-state index contributed by atoms with van der Waals surface area (Å²) in [5, 5.41) is 10.6. The minimum Gasteiger partial charge on any atom is -0.387 e. The molecule has 2 rings (SSSR count). The zero-order chi connectivity index (χ0) is 13.3. The van der Waals surface area contributed by atoms with Crippen molar-refractivity contribution in [2.45, 2.75) is 57.7 Å². The number of hydrogen-bond acceptors (Lipinski definition) is 2. The van der Waals surface area contributed by atoms with Crippen molar-refractivity contribution in [3.05, 3.63) is 35.4 Å². The fourth-order valence-corrected chi connectivity index (χ4v) is 3.06. The van der Waals surface area contributed by atoms with E-state index in [1.54, 1.807) is 0 Å². The summed E-state index contributed by atoms with van der Waals surface area (Å²) in [4.78, 5) is 2.34. The van der Waals surface area contributed by atoms with Crippen LogP contribution in [0, 0.1) is 0 Å². The van der Waals surface area contributed by atoms with Crippen molar-refractivity contribution in [1.29, 1.82) is 0 Å². The van der Waals surface area contributed by atoms with Gasteiger partial charge in [-0.3, -0.25) is 4.90 Å². The SMILES string of the molecule is CCC(C)N(C)C1CC(C)c2ccccc2C1O. The molecule has 0 amide bonds. The van der Waals surface area contributed by atoms with Crippen LogP contribution in [0.1, 0.15) is 56.8 Å². The molecule has 0 bridgehead atoms.